The average Bonchev–Trinajstić information content (AvgIpc) is 1.64. The molecule has 16 heteroatoms. The van der Waals surface area contributed by atoms with E-state index in [1.807, 2.05) is 131 Å². The van der Waals surface area contributed by atoms with E-state index in [-0.39, 0.29) is 59.4 Å². The topological polar surface area (TPSA) is 146 Å². The van der Waals surface area contributed by atoms with Gasteiger partial charge in [-0.3, -0.25) is 15.0 Å². The van der Waals surface area contributed by atoms with Crippen molar-refractivity contribution in [3.05, 3.63) is 279 Å². The summed E-state index contributed by atoms with van der Waals surface area (Å²) in [5.41, 5.74) is 20.1. The highest BCUT2D eigenvalue weighted by Gasteiger charge is 2.13. The van der Waals surface area contributed by atoms with Gasteiger partial charge in [-0.15, -0.1) is 11.3 Å². The second-order valence-electron chi connectivity index (χ2n) is 29.6. The Balaban J connectivity index is -0.000000593. The molecule has 1 atom stereocenters. The maximum atomic E-state index is 5.10. The third kappa shape index (κ3) is 48.0. The summed E-state index contributed by atoms with van der Waals surface area (Å²) in [6, 6.07) is 43.7. The zero-order valence-corrected chi connectivity index (χ0v) is 71.4. The summed E-state index contributed by atoms with van der Waals surface area (Å²) in [5.74, 6) is 0.949. The number of aliphatic imine (C=N–C) groups is 1. The number of allylic oxidation sites excluding steroid dienone is 2. The van der Waals surface area contributed by atoms with Crippen molar-refractivity contribution in [3.8, 4) is 0 Å². The van der Waals surface area contributed by atoms with Gasteiger partial charge in [-0.05, 0) is 307 Å². The van der Waals surface area contributed by atoms with E-state index in [0.29, 0.717) is 0 Å². The van der Waals surface area contributed by atoms with Crippen LogP contribution in [0.1, 0.15) is 185 Å². The molecule has 13 aromatic rings. The van der Waals surface area contributed by atoms with Gasteiger partial charge in [-0.1, -0.05) is 144 Å². The van der Waals surface area contributed by atoms with Crippen molar-refractivity contribution in [1.29, 1.82) is 0 Å². The Morgan fingerprint density at radius 3 is 1.12 bits per heavy atom. The molecule has 14 heterocycles. The van der Waals surface area contributed by atoms with E-state index in [9.17, 15) is 0 Å². The first-order valence-electron chi connectivity index (χ1n) is 39.3. The number of aromatic nitrogens is 9. The summed E-state index contributed by atoms with van der Waals surface area (Å²) in [6.45, 7) is 41.3. The molecule has 9 aromatic heterocycles. The van der Waals surface area contributed by atoms with Gasteiger partial charge in [0.1, 0.15) is 0 Å². The van der Waals surface area contributed by atoms with Crippen LogP contribution < -0.4 is 0 Å². The number of pyridine rings is 2. The van der Waals surface area contributed by atoms with Crippen molar-refractivity contribution < 1.29 is 4.74 Å². The number of nitrogens with one attached hydrogen (secondary N) is 4. The van der Waals surface area contributed by atoms with Crippen molar-refractivity contribution in [3.63, 3.8) is 0 Å². The fraction of sp³-hybridized carbons (Fsp3) is 0.451. The maximum Gasteiger partial charge on any atom is 0.0945 e. The van der Waals surface area contributed by atoms with E-state index in [2.05, 4.69) is 266 Å². The van der Waals surface area contributed by atoms with Crippen LogP contribution in [0.3, 0.4) is 0 Å². The van der Waals surface area contributed by atoms with Crippen molar-refractivity contribution in [2.45, 2.75) is 201 Å². The Kier molecular flexibility index (Phi) is 64.0. The zero-order valence-electron chi connectivity index (χ0n) is 70.6. The highest BCUT2D eigenvalue weighted by atomic mass is 32.1. The number of hydrogen-bond acceptors (Lipinski definition) is 10. The maximum absolute atomic E-state index is 5.10. The number of likely N-dealkylation sites (N-methyl/N-ethyl adjacent to an activating group) is 1. The van der Waals surface area contributed by atoms with Crippen molar-refractivity contribution in [2.24, 2.45) is 25.0 Å². The largest absolute Gasteiger partial charge is 0.379 e. The Hall–Kier alpha value is -9.26. The number of thiophene rings is 1. The van der Waals surface area contributed by atoms with Gasteiger partial charge in [0.25, 0.3) is 0 Å². The van der Waals surface area contributed by atoms with Crippen molar-refractivity contribution >= 4 is 61.2 Å². The Morgan fingerprint density at radius 2 is 0.881 bits per heavy atom. The van der Waals surface area contributed by atoms with E-state index in [4.69, 9.17) is 4.74 Å². The lowest BCUT2D eigenvalue weighted by Gasteiger charge is -2.21. The van der Waals surface area contributed by atoms with Gasteiger partial charge >= 0.3 is 0 Å². The molecule has 118 heavy (non-hydrogen) atoms. The van der Waals surface area contributed by atoms with Crippen LogP contribution in [0, 0.1) is 89.0 Å². The summed E-state index contributed by atoms with van der Waals surface area (Å²) in [5, 5.41) is 7.41. The fourth-order valence-electron chi connectivity index (χ4n) is 11.8. The number of aromatic amines is 4. The SMILES string of the molecule is C.C.C.C.C.C.C.C.CC1=CCC=N1.CC1CCN(C)C1.CN1CCCC1.CN1CCCCC1.CN1CCOCC1.Cc1c[nH]c2ccccc12.Cc1ccc2[nH]cc(C)c2c1.Cc1ccc2[nH]cc(C)c2c1.Cc1ccc2[nH]cc(C)c2c1.Cc1ccccn1.Cc1cccs1.Cc1ccn(C)c1.Cc1ccncc1.Cc1cncn1C. The van der Waals surface area contributed by atoms with Crippen LogP contribution in [-0.4, -0.2) is 164 Å². The van der Waals surface area contributed by atoms with Gasteiger partial charge < -0.3 is 53.4 Å². The normalized spacial score (nSPS) is 13.8. The molecule has 0 radical (unpaired) electrons. The molecule has 4 fully saturated rings. The molecule has 15 nitrogen and oxygen atoms in total. The highest BCUT2D eigenvalue weighted by Crippen LogP contribution is 2.21. The number of likely N-dealkylation sites (tertiary alicyclic amines) is 3. The molecule has 656 valence electrons. The lowest BCUT2D eigenvalue weighted by Crippen LogP contribution is -2.32. The Labute approximate surface area is 724 Å². The van der Waals surface area contributed by atoms with Gasteiger partial charge in [0.05, 0.1) is 19.5 Å². The number of imidazole rings is 1. The van der Waals surface area contributed by atoms with Crippen LogP contribution in [0.5, 0.6) is 0 Å². The number of nitrogens with zero attached hydrogens (tertiary/aromatic N) is 10. The van der Waals surface area contributed by atoms with Gasteiger partial charge in [0.15, 0.2) is 0 Å². The van der Waals surface area contributed by atoms with Gasteiger partial charge in [-0.25, -0.2) is 4.98 Å². The van der Waals surface area contributed by atoms with E-state index in [0.717, 1.165) is 50.0 Å². The molecule has 4 N–H and O–H groups in total. The number of aryl methyl sites for hydroxylation is 14. The summed E-state index contributed by atoms with van der Waals surface area (Å²) in [7, 11) is 12.7. The second-order valence-corrected chi connectivity index (χ2v) is 30.8. The average molecular weight is 1640 g/mol. The first-order chi connectivity index (χ1) is 52.8. The number of fused-ring (bicyclic) bond motifs is 4. The quantitative estimate of drug-likeness (QED) is 0.117. The van der Waals surface area contributed by atoms with Crippen LogP contribution >= 0.6 is 11.3 Å². The molecule has 5 aliphatic heterocycles. The standard InChI is InChI=1S/3C10H11N.C9H9N.C6H13N.C6H9N.C6H7N.C6H13N.C6H7N.C5H8N2.C5H11NO.C5H11N.C5H7N.C5H6S.8CH4/c3*1-7-3-4-10-9(5-7)8(2)6-11-10;1-7-6-10-9-5-3-2-4-8(7)9;2*1-6-3-4-7(2)5-6;1-6-2-4-7-5-3-6;1-7-5-3-2-4-6-7;1-6-4-2-3-5-7-6;1-5-3-6-4-7(5)2;1-6-2-4-7-5-3-6;1-6-4-2-3-5-6;2*1-5-3-2-4-6-5;;;;;;;;/h3*3-6,11H,1-2H3;2-6,10H,1H3;6H,3-5H2,1-2H3;3-5H,1-2H3;2-5H,1H3;2-6H2,1H3;2-5H,1H3;3-4H,1-2H3;2-5H2,1H3;2-5H2,1H3;3-4H,2H2,1H3;2-4H,1H3;8*1H4. The molecule has 0 saturated carbocycles. The third-order valence-electron chi connectivity index (χ3n) is 18.9. The Morgan fingerprint density at radius 1 is 0.424 bits per heavy atom. The van der Waals surface area contributed by atoms with E-state index < -0.39 is 0 Å². The number of rotatable bonds is 0. The summed E-state index contributed by atoms with van der Waals surface area (Å²) >= 11 is 1.78. The first kappa shape index (κ1) is 115. The lowest BCUT2D eigenvalue weighted by molar-refractivity contribution is 0.0503. The van der Waals surface area contributed by atoms with Crippen LogP contribution in [0.25, 0.3) is 43.6 Å². The molecule has 4 aromatic carbocycles. The summed E-state index contributed by atoms with van der Waals surface area (Å²) in [4.78, 5) is 39.3. The molecule has 4 saturated heterocycles. The molecule has 0 amide bonds. The monoisotopic (exact) mass is 1640 g/mol. The molecular formula is C102H166N14OS. The smallest absolute Gasteiger partial charge is 0.0945 e. The minimum atomic E-state index is 0. The number of H-pyrrole nitrogens is 4. The molecule has 18 rings (SSSR count). The lowest BCUT2D eigenvalue weighted by atomic mass is 10.1. The van der Waals surface area contributed by atoms with Crippen LogP contribution in [0.4, 0.5) is 0 Å². The minimum absolute atomic E-state index is 0. The number of benzene rings is 4. The number of para-hydroxylation sites is 1. The van der Waals surface area contributed by atoms with Crippen LogP contribution in [0.2, 0.25) is 0 Å². The molecule has 0 aliphatic carbocycles. The third-order valence-corrected chi connectivity index (χ3v) is 19.7. The molecule has 1 unspecified atom stereocenters. The molecule has 0 spiro atoms. The van der Waals surface area contributed by atoms with E-state index >= 15 is 0 Å². The number of hydrogen-bond donors (Lipinski definition) is 4. The number of morpholine rings is 1. The predicted octanol–water partition coefficient (Wildman–Crippen LogP) is 26.9. The van der Waals surface area contributed by atoms with Gasteiger partial charge in [-0.2, -0.15) is 0 Å². The van der Waals surface area contributed by atoms with E-state index in [1.54, 1.807) is 36.3 Å². The first-order valence-corrected chi connectivity index (χ1v) is 40.1. The van der Waals surface area contributed by atoms with Crippen LogP contribution in [-0.2, 0) is 18.8 Å². The predicted molar refractivity (Wildman–Crippen MR) is 530 cm³/mol. The van der Waals surface area contributed by atoms with Crippen molar-refractivity contribution in [2.75, 3.05) is 93.8 Å². The number of piperidine rings is 1. The second kappa shape index (κ2) is 65.7. The Bertz CT molecular complexity index is 4280. The fourth-order valence-corrected chi connectivity index (χ4v) is 12.4. The molecule has 5 aliphatic rings. The number of ether oxygens (including phenoxy) is 1. The van der Waals surface area contributed by atoms with Gasteiger partial charge in [0.2, 0.25) is 0 Å². The molecular weight excluding hydrogens is 1470 g/mol. The highest BCUT2D eigenvalue weighted by molar-refractivity contribution is 7.09. The van der Waals surface area contributed by atoms with Crippen LogP contribution in [0.15, 0.2) is 218 Å². The molecule has 0 bridgehead atoms. The summed E-state index contributed by atoms with van der Waals surface area (Å²) in [6.07, 6.45) is 34.8. The van der Waals surface area contributed by atoms with Gasteiger partial charge in [0, 0.05) is 174 Å². The van der Waals surface area contributed by atoms with E-state index in [1.165, 1.54) is 182 Å². The minimum Gasteiger partial charge on any atom is -0.379 e. The zero-order chi connectivity index (χ0) is 80.0. The summed E-state index contributed by atoms with van der Waals surface area (Å²) < 4.78 is 9.11. The van der Waals surface area contributed by atoms with Crippen molar-refractivity contribution in [1.82, 2.24) is 63.6 Å².